The quantitative estimate of drug-likeness (QED) is 0.662. The van der Waals surface area contributed by atoms with Gasteiger partial charge >= 0.3 is 0 Å². The van der Waals surface area contributed by atoms with Gasteiger partial charge in [-0.25, -0.2) is 0 Å². The molecular weight excluding hydrogens is 184 g/mol. The van der Waals surface area contributed by atoms with Gasteiger partial charge in [0.15, 0.2) is 5.78 Å². The number of hydrogen-bond acceptors (Lipinski definition) is 1. The van der Waals surface area contributed by atoms with Crippen LogP contribution in [-0.2, 0) is 0 Å². The van der Waals surface area contributed by atoms with Gasteiger partial charge < -0.3 is 0 Å². The Morgan fingerprint density at radius 1 is 1.27 bits per heavy atom. The second-order valence-electron chi connectivity index (χ2n) is 4.18. The molecule has 0 aliphatic carbocycles. The molecular formula is C14H20O. The Morgan fingerprint density at radius 3 is 2.47 bits per heavy atom. The fraction of sp³-hybridized carbons (Fsp3) is 0.500. The minimum atomic E-state index is 0.285. The lowest BCUT2D eigenvalue weighted by Crippen LogP contribution is -2.07. The van der Waals surface area contributed by atoms with Crippen LogP contribution in [0.1, 0.15) is 49.0 Å². The number of hydrogen-bond donors (Lipinski definition) is 0. The molecule has 0 amide bonds. The van der Waals surface area contributed by atoms with Crippen LogP contribution in [0.4, 0.5) is 0 Å². The summed E-state index contributed by atoms with van der Waals surface area (Å²) in [5.74, 6) is 0.824. The van der Waals surface area contributed by atoms with Crippen LogP contribution in [0.15, 0.2) is 24.3 Å². The first kappa shape index (κ1) is 12.0. The van der Waals surface area contributed by atoms with E-state index in [0.29, 0.717) is 12.3 Å². The molecule has 0 radical (unpaired) electrons. The first-order valence-electron chi connectivity index (χ1n) is 5.77. The minimum absolute atomic E-state index is 0.285. The summed E-state index contributed by atoms with van der Waals surface area (Å²) in [7, 11) is 0. The highest BCUT2D eigenvalue weighted by Gasteiger charge is 2.11. The third-order valence-corrected chi connectivity index (χ3v) is 2.97. The van der Waals surface area contributed by atoms with E-state index in [9.17, 15) is 4.79 Å². The molecule has 0 fully saturated rings. The molecule has 0 saturated heterocycles. The molecule has 1 aromatic rings. The summed E-state index contributed by atoms with van der Waals surface area (Å²) < 4.78 is 0. The molecule has 0 aliphatic heterocycles. The fourth-order valence-corrected chi connectivity index (χ4v) is 1.78. The van der Waals surface area contributed by atoms with E-state index < -0.39 is 0 Å². The molecule has 0 N–H and O–H groups in total. The number of ketones is 1. The minimum Gasteiger partial charge on any atom is -0.294 e. The van der Waals surface area contributed by atoms with Crippen molar-refractivity contribution in [3.8, 4) is 0 Å². The van der Waals surface area contributed by atoms with Gasteiger partial charge in [0.2, 0.25) is 0 Å². The predicted molar refractivity (Wildman–Crippen MR) is 64.2 cm³/mol. The van der Waals surface area contributed by atoms with Crippen molar-refractivity contribution in [1.29, 1.82) is 0 Å². The Kier molecular flexibility index (Phi) is 4.54. The molecule has 0 bridgehead atoms. The van der Waals surface area contributed by atoms with E-state index in [0.717, 1.165) is 24.0 Å². The second-order valence-corrected chi connectivity index (χ2v) is 4.18. The van der Waals surface area contributed by atoms with Crippen LogP contribution in [0.3, 0.4) is 0 Å². The molecule has 0 aromatic heterocycles. The second kappa shape index (κ2) is 5.69. The average Bonchev–Trinajstić information content (AvgIpc) is 2.25. The molecule has 1 rings (SSSR count). The van der Waals surface area contributed by atoms with E-state index in [-0.39, 0.29) is 5.78 Å². The SMILES string of the molecule is CCC(CC)CC(=O)c1cccc(C)c1. The van der Waals surface area contributed by atoms with Gasteiger partial charge in [0.25, 0.3) is 0 Å². The zero-order valence-electron chi connectivity index (χ0n) is 9.92. The summed E-state index contributed by atoms with van der Waals surface area (Å²) in [6.45, 7) is 6.32. The molecule has 1 aromatic carbocycles. The molecule has 1 heteroatoms. The molecule has 0 heterocycles. The summed E-state index contributed by atoms with van der Waals surface area (Å²) in [6, 6.07) is 7.87. The monoisotopic (exact) mass is 204 g/mol. The number of benzene rings is 1. The van der Waals surface area contributed by atoms with Crippen molar-refractivity contribution in [2.24, 2.45) is 5.92 Å². The first-order chi connectivity index (χ1) is 7.17. The average molecular weight is 204 g/mol. The van der Waals surface area contributed by atoms with Crippen molar-refractivity contribution < 1.29 is 4.79 Å². The van der Waals surface area contributed by atoms with Crippen LogP contribution in [0, 0.1) is 12.8 Å². The van der Waals surface area contributed by atoms with Gasteiger partial charge in [0.1, 0.15) is 0 Å². The van der Waals surface area contributed by atoms with Crippen LogP contribution in [-0.4, -0.2) is 5.78 Å². The smallest absolute Gasteiger partial charge is 0.163 e. The number of aryl methyl sites for hydroxylation is 1. The van der Waals surface area contributed by atoms with E-state index in [4.69, 9.17) is 0 Å². The van der Waals surface area contributed by atoms with Crippen molar-refractivity contribution >= 4 is 5.78 Å². The number of rotatable bonds is 5. The van der Waals surface area contributed by atoms with Crippen LogP contribution in [0.25, 0.3) is 0 Å². The molecule has 0 saturated carbocycles. The molecule has 0 atom stereocenters. The van der Waals surface area contributed by atoms with Crippen molar-refractivity contribution in [3.05, 3.63) is 35.4 Å². The zero-order chi connectivity index (χ0) is 11.3. The molecule has 1 nitrogen and oxygen atoms in total. The third-order valence-electron chi connectivity index (χ3n) is 2.97. The van der Waals surface area contributed by atoms with Gasteiger partial charge in [-0.3, -0.25) is 4.79 Å². The van der Waals surface area contributed by atoms with Gasteiger partial charge in [0, 0.05) is 12.0 Å². The topological polar surface area (TPSA) is 17.1 Å². The highest BCUT2D eigenvalue weighted by atomic mass is 16.1. The van der Waals surface area contributed by atoms with Crippen LogP contribution >= 0.6 is 0 Å². The Bertz CT molecular complexity index is 324. The van der Waals surface area contributed by atoms with E-state index in [1.54, 1.807) is 0 Å². The first-order valence-corrected chi connectivity index (χ1v) is 5.77. The van der Waals surface area contributed by atoms with Crippen LogP contribution in [0.2, 0.25) is 0 Å². The summed E-state index contributed by atoms with van der Waals surface area (Å²) in [6.07, 6.45) is 2.87. The Labute approximate surface area is 92.5 Å². The van der Waals surface area contributed by atoms with E-state index in [1.807, 2.05) is 31.2 Å². The molecule has 0 spiro atoms. The Morgan fingerprint density at radius 2 is 1.93 bits per heavy atom. The molecule has 0 unspecified atom stereocenters. The summed E-state index contributed by atoms with van der Waals surface area (Å²) in [5.41, 5.74) is 2.02. The maximum Gasteiger partial charge on any atom is 0.163 e. The lowest BCUT2D eigenvalue weighted by atomic mass is 9.93. The maximum atomic E-state index is 11.9. The van der Waals surface area contributed by atoms with Gasteiger partial charge in [-0.1, -0.05) is 50.5 Å². The predicted octanol–water partition coefficient (Wildman–Crippen LogP) is 4.00. The van der Waals surface area contributed by atoms with Gasteiger partial charge in [-0.15, -0.1) is 0 Å². The fourth-order valence-electron chi connectivity index (χ4n) is 1.78. The highest BCUT2D eigenvalue weighted by Crippen LogP contribution is 2.16. The number of carbonyl (C=O) groups is 1. The Balaban J connectivity index is 2.68. The molecule has 15 heavy (non-hydrogen) atoms. The lowest BCUT2D eigenvalue weighted by Gasteiger charge is -2.10. The standard InChI is InChI=1S/C14H20O/c1-4-12(5-2)10-14(15)13-8-6-7-11(3)9-13/h6-9,12H,4-5,10H2,1-3H3. The zero-order valence-corrected chi connectivity index (χ0v) is 9.92. The lowest BCUT2D eigenvalue weighted by molar-refractivity contribution is 0.0958. The van der Waals surface area contributed by atoms with Crippen molar-refractivity contribution in [2.45, 2.75) is 40.0 Å². The largest absolute Gasteiger partial charge is 0.294 e. The van der Waals surface area contributed by atoms with E-state index in [2.05, 4.69) is 13.8 Å². The van der Waals surface area contributed by atoms with Crippen LogP contribution < -0.4 is 0 Å². The summed E-state index contributed by atoms with van der Waals surface area (Å²) in [5, 5.41) is 0. The normalized spacial score (nSPS) is 10.7. The van der Waals surface area contributed by atoms with Crippen molar-refractivity contribution in [2.75, 3.05) is 0 Å². The third kappa shape index (κ3) is 3.50. The van der Waals surface area contributed by atoms with Gasteiger partial charge in [-0.2, -0.15) is 0 Å². The highest BCUT2D eigenvalue weighted by molar-refractivity contribution is 5.96. The maximum absolute atomic E-state index is 11.9. The summed E-state index contributed by atoms with van der Waals surface area (Å²) >= 11 is 0. The van der Waals surface area contributed by atoms with Crippen molar-refractivity contribution in [3.63, 3.8) is 0 Å². The van der Waals surface area contributed by atoms with E-state index >= 15 is 0 Å². The number of Topliss-reactive ketones (excluding diaryl/α,β-unsaturated/α-hetero) is 1. The summed E-state index contributed by atoms with van der Waals surface area (Å²) in [4.78, 5) is 11.9. The van der Waals surface area contributed by atoms with Crippen molar-refractivity contribution in [1.82, 2.24) is 0 Å². The molecule has 82 valence electrons. The van der Waals surface area contributed by atoms with E-state index in [1.165, 1.54) is 0 Å². The van der Waals surface area contributed by atoms with Gasteiger partial charge in [0.05, 0.1) is 0 Å². The van der Waals surface area contributed by atoms with Crippen LogP contribution in [0.5, 0.6) is 0 Å². The van der Waals surface area contributed by atoms with Gasteiger partial charge in [-0.05, 0) is 18.9 Å². The Hall–Kier alpha value is -1.11. The molecule has 0 aliphatic rings. The number of carbonyl (C=O) groups excluding carboxylic acids is 1.